The Hall–Kier alpha value is -2.80. The molecule has 0 saturated carbocycles. The minimum Gasteiger partial charge on any atom is -0.481 e. The number of carbonyl (C=O) groups is 1. The van der Waals surface area contributed by atoms with Gasteiger partial charge < -0.3 is 4.74 Å². The minimum atomic E-state index is -0.529. The molecule has 0 saturated heterocycles. The summed E-state index contributed by atoms with van der Waals surface area (Å²) in [4.78, 5) is 17.2. The van der Waals surface area contributed by atoms with Crippen LogP contribution in [0.5, 0.6) is 5.75 Å². The Balaban J connectivity index is 1.65. The van der Waals surface area contributed by atoms with Crippen LogP contribution in [0.3, 0.4) is 0 Å². The van der Waals surface area contributed by atoms with Crippen LogP contribution in [0.25, 0.3) is 11.3 Å². The van der Waals surface area contributed by atoms with E-state index in [1.54, 1.807) is 18.2 Å². The van der Waals surface area contributed by atoms with Crippen LogP contribution >= 0.6 is 11.3 Å². The molecule has 0 atom stereocenters. The van der Waals surface area contributed by atoms with Crippen molar-refractivity contribution >= 4 is 22.4 Å². The molecule has 1 aromatic heterocycles. The molecule has 4 nitrogen and oxygen atoms in total. The van der Waals surface area contributed by atoms with Gasteiger partial charge in [-0.15, -0.1) is 11.3 Å². The number of nitrogens with one attached hydrogen (secondary N) is 1. The Bertz CT molecular complexity index is 894. The molecule has 0 aliphatic carbocycles. The fourth-order valence-electron chi connectivity index (χ4n) is 2.19. The zero-order valence-electron chi connectivity index (χ0n) is 13.3. The van der Waals surface area contributed by atoms with E-state index in [1.807, 2.05) is 6.92 Å². The predicted molar refractivity (Wildman–Crippen MR) is 92.8 cm³/mol. The average molecular weight is 360 g/mol. The number of hydrogen-bond donors (Lipinski definition) is 1. The van der Waals surface area contributed by atoms with E-state index in [9.17, 15) is 13.6 Å². The van der Waals surface area contributed by atoms with Gasteiger partial charge in [0.1, 0.15) is 5.82 Å². The van der Waals surface area contributed by atoms with E-state index in [0.717, 1.165) is 10.4 Å². The average Bonchev–Trinajstić information content (AvgIpc) is 2.95. The Morgan fingerprint density at radius 2 is 1.88 bits per heavy atom. The smallest absolute Gasteiger partial charge is 0.264 e. The molecule has 0 aliphatic heterocycles. The molecule has 0 bridgehead atoms. The number of para-hydroxylation sites is 1. The molecule has 7 heteroatoms. The number of nitrogens with zero attached hydrogens (tertiary/aromatic N) is 1. The topological polar surface area (TPSA) is 51.2 Å². The number of carbonyl (C=O) groups excluding carboxylic acids is 1. The summed E-state index contributed by atoms with van der Waals surface area (Å²) in [6.07, 6.45) is 0. The molecule has 0 radical (unpaired) electrons. The number of amides is 1. The quantitative estimate of drug-likeness (QED) is 0.733. The number of halogens is 2. The van der Waals surface area contributed by atoms with Crippen LogP contribution < -0.4 is 10.1 Å². The third kappa shape index (κ3) is 4.19. The molecule has 25 heavy (non-hydrogen) atoms. The molecule has 3 aromatic rings. The molecule has 0 fully saturated rings. The monoisotopic (exact) mass is 360 g/mol. The van der Waals surface area contributed by atoms with Crippen LogP contribution in [0.15, 0.2) is 48.5 Å². The first-order valence-corrected chi connectivity index (χ1v) is 8.25. The standard InChI is InChI=1S/C18H14F2N2O2S/c1-11-17(12-6-8-13(19)9-7-12)22-18(25-11)21-16(23)10-24-15-5-3-2-4-14(15)20/h2-9H,10H2,1H3,(H,21,22,23). The first kappa shape index (κ1) is 17.0. The van der Waals surface area contributed by atoms with Crippen molar-refractivity contribution < 1.29 is 18.3 Å². The Morgan fingerprint density at radius 3 is 2.60 bits per heavy atom. The Kier molecular flexibility index (Phi) is 5.04. The summed E-state index contributed by atoms with van der Waals surface area (Å²) >= 11 is 1.30. The molecule has 1 N–H and O–H groups in total. The van der Waals surface area contributed by atoms with Gasteiger partial charge in [0.25, 0.3) is 5.91 Å². The molecule has 1 amide bonds. The van der Waals surface area contributed by atoms with Crippen molar-refractivity contribution in [3.8, 4) is 17.0 Å². The maximum absolute atomic E-state index is 13.4. The van der Waals surface area contributed by atoms with E-state index in [2.05, 4.69) is 10.3 Å². The lowest BCUT2D eigenvalue weighted by Crippen LogP contribution is -2.20. The molecular weight excluding hydrogens is 346 g/mol. The third-order valence-electron chi connectivity index (χ3n) is 3.36. The number of hydrogen-bond acceptors (Lipinski definition) is 4. The molecular formula is C18H14F2N2O2S. The molecule has 3 rings (SSSR count). The van der Waals surface area contributed by atoms with Gasteiger partial charge in [-0.05, 0) is 43.3 Å². The first-order chi connectivity index (χ1) is 12.0. The summed E-state index contributed by atoms with van der Waals surface area (Å²) in [7, 11) is 0. The van der Waals surface area contributed by atoms with Gasteiger partial charge in [0.2, 0.25) is 0 Å². The molecule has 0 aliphatic rings. The number of rotatable bonds is 5. The van der Waals surface area contributed by atoms with Gasteiger partial charge in [0.15, 0.2) is 23.3 Å². The predicted octanol–water partition coefficient (Wildman–Crippen LogP) is 4.41. The lowest BCUT2D eigenvalue weighted by atomic mass is 10.1. The molecule has 1 heterocycles. The van der Waals surface area contributed by atoms with E-state index < -0.39 is 11.7 Å². The van der Waals surface area contributed by atoms with Crippen LogP contribution in [0.2, 0.25) is 0 Å². The van der Waals surface area contributed by atoms with E-state index in [4.69, 9.17) is 4.74 Å². The SMILES string of the molecule is Cc1sc(NC(=O)COc2ccccc2F)nc1-c1ccc(F)cc1. The van der Waals surface area contributed by atoms with Crippen LogP contribution in [0, 0.1) is 18.6 Å². The van der Waals surface area contributed by atoms with Gasteiger partial charge in [0, 0.05) is 10.4 Å². The van der Waals surface area contributed by atoms with E-state index >= 15 is 0 Å². The second-order valence-corrected chi connectivity index (χ2v) is 6.40. The first-order valence-electron chi connectivity index (χ1n) is 7.43. The number of anilines is 1. The summed E-state index contributed by atoms with van der Waals surface area (Å²) in [6, 6.07) is 11.8. The Labute approximate surface area is 147 Å². The molecule has 0 unspecified atom stereocenters. The van der Waals surface area contributed by atoms with Crippen LogP contribution in [-0.4, -0.2) is 17.5 Å². The summed E-state index contributed by atoms with van der Waals surface area (Å²) in [6.45, 7) is 1.54. The van der Waals surface area contributed by atoms with Crippen molar-refractivity contribution in [2.45, 2.75) is 6.92 Å². The van der Waals surface area contributed by atoms with Crippen molar-refractivity contribution in [1.82, 2.24) is 4.98 Å². The van der Waals surface area contributed by atoms with Crippen molar-refractivity contribution in [3.05, 3.63) is 65.0 Å². The van der Waals surface area contributed by atoms with Gasteiger partial charge >= 0.3 is 0 Å². The number of ether oxygens (including phenoxy) is 1. The van der Waals surface area contributed by atoms with E-state index in [1.165, 1.54) is 41.7 Å². The summed E-state index contributed by atoms with van der Waals surface area (Å²) in [5, 5.41) is 3.02. The lowest BCUT2D eigenvalue weighted by Gasteiger charge is -2.06. The highest BCUT2D eigenvalue weighted by Gasteiger charge is 2.13. The fourth-order valence-corrected chi connectivity index (χ4v) is 3.04. The zero-order chi connectivity index (χ0) is 17.8. The number of benzene rings is 2. The van der Waals surface area contributed by atoms with Gasteiger partial charge in [-0.1, -0.05) is 12.1 Å². The van der Waals surface area contributed by atoms with Gasteiger partial charge in [0.05, 0.1) is 5.69 Å². The fraction of sp³-hybridized carbons (Fsp3) is 0.111. The summed E-state index contributed by atoms with van der Waals surface area (Å²) in [5.74, 6) is -1.28. The van der Waals surface area contributed by atoms with Crippen LogP contribution in [-0.2, 0) is 4.79 Å². The molecule has 0 spiro atoms. The largest absolute Gasteiger partial charge is 0.481 e. The number of aromatic nitrogens is 1. The second-order valence-electron chi connectivity index (χ2n) is 5.20. The lowest BCUT2D eigenvalue weighted by molar-refractivity contribution is -0.118. The Morgan fingerprint density at radius 1 is 1.16 bits per heavy atom. The van der Waals surface area contributed by atoms with Crippen molar-refractivity contribution in [2.75, 3.05) is 11.9 Å². The van der Waals surface area contributed by atoms with E-state index in [-0.39, 0.29) is 18.2 Å². The van der Waals surface area contributed by atoms with Crippen molar-refractivity contribution in [2.24, 2.45) is 0 Å². The van der Waals surface area contributed by atoms with E-state index in [0.29, 0.717) is 10.8 Å². The number of aryl methyl sites for hydroxylation is 1. The number of thiazole rings is 1. The molecule has 2 aromatic carbocycles. The van der Waals surface area contributed by atoms with Gasteiger partial charge in [-0.25, -0.2) is 13.8 Å². The highest BCUT2D eigenvalue weighted by molar-refractivity contribution is 7.16. The van der Waals surface area contributed by atoms with Gasteiger partial charge in [-0.3, -0.25) is 10.1 Å². The van der Waals surface area contributed by atoms with Crippen molar-refractivity contribution in [3.63, 3.8) is 0 Å². The second kappa shape index (κ2) is 7.40. The maximum Gasteiger partial charge on any atom is 0.264 e. The van der Waals surface area contributed by atoms with Crippen molar-refractivity contribution in [1.29, 1.82) is 0 Å². The summed E-state index contributed by atoms with van der Waals surface area (Å²) in [5.41, 5.74) is 1.44. The maximum atomic E-state index is 13.4. The van der Waals surface area contributed by atoms with Crippen LogP contribution in [0.4, 0.5) is 13.9 Å². The normalized spacial score (nSPS) is 10.5. The third-order valence-corrected chi connectivity index (χ3v) is 4.24. The molecule has 128 valence electrons. The van der Waals surface area contributed by atoms with Crippen LogP contribution in [0.1, 0.15) is 4.88 Å². The summed E-state index contributed by atoms with van der Waals surface area (Å²) < 4.78 is 31.6. The highest BCUT2D eigenvalue weighted by Crippen LogP contribution is 2.30. The zero-order valence-corrected chi connectivity index (χ0v) is 14.1. The minimum absolute atomic E-state index is 0.0139. The van der Waals surface area contributed by atoms with Gasteiger partial charge in [-0.2, -0.15) is 0 Å². The highest BCUT2D eigenvalue weighted by atomic mass is 32.1.